The Morgan fingerprint density at radius 2 is 2.27 bits per heavy atom. The molecule has 0 aliphatic rings. The minimum Gasteiger partial charge on any atom is -0.207 e. The summed E-state index contributed by atoms with van der Waals surface area (Å²) in [5.74, 6) is 0. The summed E-state index contributed by atoms with van der Waals surface area (Å²) in [4.78, 5) is 0. The Kier molecular flexibility index (Phi) is 5.05. The molecule has 0 amide bonds. The lowest BCUT2D eigenvalue weighted by molar-refractivity contribution is 0.561. The van der Waals surface area contributed by atoms with Gasteiger partial charge in [0.1, 0.15) is 4.21 Å². The molecule has 0 aliphatic carbocycles. The van der Waals surface area contributed by atoms with Gasteiger partial charge in [0.25, 0.3) is 0 Å². The van der Waals surface area contributed by atoms with Gasteiger partial charge in [-0.15, -0.1) is 11.3 Å². The third-order valence-electron chi connectivity index (χ3n) is 1.81. The first-order chi connectivity index (χ1) is 6.99. The van der Waals surface area contributed by atoms with Crippen LogP contribution >= 0.6 is 38.9 Å². The summed E-state index contributed by atoms with van der Waals surface area (Å²) in [5.41, 5.74) is 0. The standard InChI is InChI=1S/C8H11BrClNO2S2/c1-2-6(5-9)11-15(12,13)8-4-3-7(10)14-8/h3-4,6,11H,2,5H2,1H3. The van der Waals surface area contributed by atoms with Gasteiger partial charge in [-0.3, -0.25) is 0 Å². The smallest absolute Gasteiger partial charge is 0.207 e. The van der Waals surface area contributed by atoms with Crippen LogP contribution in [-0.4, -0.2) is 19.8 Å². The van der Waals surface area contributed by atoms with E-state index in [9.17, 15) is 8.42 Å². The molecular weight excluding hydrogens is 322 g/mol. The summed E-state index contributed by atoms with van der Waals surface area (Å²) in [6.07, 6.45) is 0.740. The molecule has 7 heteroatoms. The van der Waals surface area contributed by atoms with Gasteiger partial charge in [-0.2, -0.15) is 0 Å². The van der Waals surface area contributed by atoms with Crippen LogP contribution in [0, 0.1) is 0 Å². The lowest BCUT2D eigenvalue weighted by Gasteiger charge is -2.12. The molecule has 15 heavy (non-hydrogen) atoms. The van der Waals surface area contributed by atoms with Crippen LogP contribution in [0.3, 0.4) is 0 Å². The average Bonchev–Trinajstić information content (AvgIpc) is 2.62. The van der Waals surface area contributed by atoms with Crippen LogP contribution in [0.25, 0.3) is 0 Å². The zero-order valence-corrected chi connectivity index (χ0v) is 12.0. The summed E-state index contributed by atoms with van der Waals surface area (Å²) >= 11 is 10.0. The molecule has 0 bridgehead atoms. The van der Waals surface area contributed by atoms with Crippen LogP contribution in [0.2, 0.25) is 4.34 Å². The lowest BCUT2D eigenvalue weighted by Crippen LogP contribution is -2.35. The maximum absolute atomic E-state index is 11.8. The van der Waals surface area contributed by atoms with E-state index in [-0.39, 0.29) is 10.3 Å². The van der Waals surface area contributed by atoms with Crippen LogP contribution < -0.4 is 4.72 Å². The largest absolute Gasteiger partial charge is 0.250 e. The van der Waals surface area contributed by atoms with Crippen LogP contribution in [0.4, 0.5) is 0 Å². The minimum atomic E-state index is -3.41. The first-order valence-corrected chi connectivity index (χ1v) is 8.13. The molecule has 3 nitrogen and oxygen atoms in total. The molecule has 1 rings (SSSR count). The molecule has 86 valence electrons. The SMILES string of the molecule is CCC(CBr)NS(=O)(=O)c1ccc(Cl)s1. The van der Waals surface area contributed by atoms with E-state index in [1.807, 2.05) is 6.92 Å². The van der Waals surface area contributed by atoms with Crippen molar-refractivity contribution in [2.75, 3.05) is 5.33 Å². The fourth-order valence-corrected chi connectivity index (χ4v) is 4.60. The maximum atomic E-state index is 11.8. The van der Waals surface area contributed by atoms with E-state index in [0.717, 1.165) is 17.8 Å². The summed E-state index contributed by atoms with van der Waals surface area (Å²) in [6, 6.07) is 3.00. The van der Waals surface area contributed by atoms with Gasteiger partial charge in [0, 0.05) is 11.4 Å². The highest BCUT2D eigenvalue weighted by Crippen LogP contribution is 2.25. The van der Waals surface area contributed by atoms with Crippen molar-refractivity contribution in [3.63, 3.8) is 0 Å². The van der Waals surface area contributed by atoms with E-state index in [2.05, 4.69) is 20.7 Å². The van der Waals surface area contributed by atoms with Gasteiger partial charge < -0.3 is 0 Å². The Morgan fingerprint density at radius 3 is 2.67 bits per heavy atom. The Hall–Kier alpha value is 0.380. The second-order valence-corrected chi connectivity index (χ2v) is 7.24. The van der Waals surface area contributed by atoms with E-state index < -0.39 is 10.0 Å². The lowest BCUT2D eigenvalue weighted by atomic mass is 10.3. The van der Waals surface area contributed by atoms with E-state index >= 15 is 0 Å². The van der Waals surface area contributed by atoms with Crippen molar-refractivity contribution in [3.05, 3.63) is 16.5 Å². The van der Waals surface area contributed by atoms with E-state index in [1.165, 1.54) is 6.07 Å². The summed E-state index contributed by atoms with van der Waals surface area (Å²) < 4.78 is 26.9. The Balaban J connectivity index is 2.84. The van der Waals surface area contributed by atoms with Crippen molar-refractivity contribution in [2.24, 2.45) is 0 Å². The molecule has 0 radical (unpaired) electrons. The van der Waals surface area contributed by atoms with Crippen LogP contribution in [-0.2, 0) is 10.0 Å². The number of rotatable bonds is 5. The highest BCUT2D eigenvalue weighted by atomic mass is 79.9. The second-order valence-electron chi connectivity index (χ2n) is 2.94. The highest BCUT2D eigenvalue weighted by molar-refractivity contribution is 9.09. The molecule has 1 N–H and O–H groups in total. The predicted molar refractivity (Wildman–Crippen MR) is 67.5 cm³/mol. The van der Waals surface area contributed by atoms with Gasteiger partial charge in [0.05, 0.1) is 4.34 Å². The topological polar surface area (TPSA) is 46.2 Å². The Morgan fingerprint density at radius 1 is 1.60 bits per heavy atom. The van der Waals surface area contributed by atoms with E-state index in [4.69, 9.17) is 11.6 Å². The molecule has 1 atom stereocenters. The molecule has 0 spiro atoms. The van der Waals surface area contributed by atoms with Gasteiger partial charge in [0.15, 0.2) is 0 Å². The van der Waals surface area contributed by atoms with E-state index in [0.29, 0.717) is 9.67 Å². The third-order valence-corrected chi connectivity index (χ3v) is 5.84. The van der Waals surface area contributed by atoms with Gasteiger partial charge in [0.2, 0.25) is 10.0 Å². The van der Waals surface area contributed by atoms with Gasteiger partial charge in [-0.05, 0) is 18.6 Å². The molecule has 1 heterocycles. The number of alkyl halides is 1. The monoisotopic (exact) mass is 331 g/mol. The summed E-state index contributed by atoms with van der Waals surface area (Å²) in [7, 11) is -3.41. The van der Waals surface area contributed by atoms with Crippen molar-refractivity contribution in [2.45, 2.75) is 23.6 Å². The molecule has 0 saturated carbocycles. The van der Waals surface area contributed by atoms with Crippen molar-refractivity contribution in [3.8, 4) is 0 Å². The summed E-state index contributed by atoms with van der Waals surface area (Å²) in [5, 5.41) is 0.599. The molecule has 0 fully saturated rings. The van der Waals surface area contributed by atoms with E-state index in [1.54, 1.807) is 6.07 Å². The molecular formula is C8H11BrClNO2S2. The first-order valence-electron chi connectivity index (χ1n) is 4.33. The average molecular weight is 333 g/mol. The molecule has 0 aliphatic heterocycles. The van der Waals surface area contributed by atoms with Crippen molar-refractivity contribution >= 4 is 48.9 Å². The number of thiophene rings is 1. The van der Waals surface area contributed by atoms with Gasteiger partial charge in [-0.1, -0.05) is 34.5 Å². The van der Waals surface area contributed by atoms with Gasteiger partial charge in [-0.25, -0.2) is 13.1 Å². The minimum absolute atomic E-state index is 0.0872. The fourth-order valence-electron chi connectivity index (χ4n) is 0.944. The van der Waals surface area contributed by atoms with Crippen molar-refractivity contribution in [1.82, 2.24) is 4.72 Å². The highest BCUT2D eigenvalue weighted by Gasteiger charge is 2.19. The van der Waals surface area contributed by atoms with Gasteiger partial charge >= 0.3 is 0 Å². The molecule has 0 aromatic carbocycles. The van der Waals surface area contributed by atoms with Crippen LogP contribution in [0.1, 0.15) is 13.3 Å². The fraction of sp³-hybridized carbons (Fsp3) is 0.500. The number of hydrogen-bond donors (Lipinski definition) is 1. The molecule has 0 saturated heterocycles. The number of hydrogen-bond acceptors (Lipinski definition) is 3. The first kappa shape index (κ1) is 13.4. The molecule has 1 unspecified atom stereocenters. The number of nitrogens with one attached hydrogen (secondary N) is 1. The number of sulfonamides is 1. The second kappa shape index (κ2) is 5.63. The predicted octanol–water partition coefficient (Wildman–Crippen LogP) is 2.85. The molecule has 1 aromatic heterocycles. The quantitative estimate of drug-likeness (QED) is 0.843. The Bertz CT molecular complexity index is 414. The maximum Gasteiger partial charge on any atom is 0.250 e. The third kappa shape index (κ3) is 3.71. The van der Waals surface area contributed by atoms with Crippen LogP contribution in [0.15, 0.2) is 16.3 Å². The Labute approximate surface area is 107 Å². The zero-order chi connectivity index (χ0) is 11.5. The number of halogens is 2. The molecule has 1 aromatic rings. The zero-order valence-electron chi connectivity index (χ0n) is 8.04. The van der Waals surface area contributed by atoms with Crippen molar-refractivity contribution < 1.29 is 8.42 Å². The van der Waals surface area contributed by atoms with Crippen LogP contribution in [0.5, 0.6) is 0 Å². The summed E-state index contributed by atoms with van der Waals surface area (Å²) in [6.45, 7) is 1.93. The van der Waals surface area contributed by atoms with Crippen molar-refractivity contribution in [1.29, 1.82) is 0 Å². The normalized spacial score (nSPS) is 14.1.